The maximum absolute atomic E-state index is 11.8. The molecule has 2 aliphatic heterocycles. The van der Waals surface area contributed by atoms with E-state index in [0.29, 0.717) is 6.54 Å². The number of hydrogen-bond donors (Lipinski definition) is 0. The fraction of sp³-hybridized carbons (Fsp3) is 0.667. The van der Waals surface area contributed by atoms with Crippen LogP contribution in [0.25, 0.3) is 0 Å². The Morgan fingerprint density at radius 1 is 1.47 bits per heavy atom. The number of rotatable bonds is 1. The van der Waals surface area contributed by atoms with E-state index >= 15 is 0 Å². The number of sulfone groups is 1. The topological polar surface area (TPSA) is 54.5 Å². The lowest BCUT2D eigenvalue weighted by molar-refractivity contribution is -0.133. The van der Waals surface area contributed by atoms with Crippen molar-refractivity contribution in [3.63, 3.8) is 0 Å². The summed E-state index contributed by atoms with van der Waals surface area (Å²) in [6, 6.07) is -0.261. The quantitative estimate of drug-likeness (QED) is 0.668. The highest BCUT2D eigenvalue weighted by Gasteiger charge is 2.34. The number of hydrogen-bond acceptors (Lipinski definition) is 3. The van der Waals surface area contributed by atoms with Gasteiger partial charge in [-0.1, -0.05) is 15.9 Å². The summed E-state index contributed by atoms with van der Waals surface area (Å²) in [6.45, 7) is 0.658. The normalized spacial score (nSPS) is 34.7. The van der Waals surface area contributed by atoms with Crippen LogP contribution in [0.1, 0.15) is 12.8 Å². The summed E-state index contributed by atoms with van der Waals surface area (Å²) in [5.74, 6) is 0.0475. The van der Waals surface area contributed by atoms with Gasteiger partial charge in [0.25, 0.3) is 0 Å². The highest BCUT2D eigenvalue weighted by Crippen LogP contribution is 2.23. The second kappa shape index (κ2) is 3.90. The Hall–Kier alpha value is -0.360. The van der Waals surface area contributed by atoms with Gasteiger partial charge in [0.05, 0.1) is 16.6 Å². The van der Waals surface area contributed by atoms with Crippen LogP contribution in [0.4, 0.5) is 0 Å². The number of likely N-dealkylation sites (tertiary alicyclic amines) is 1. The number of piperidine rings is 1. The Bertz CT molecular complexity index is 404. The lowest BCUT2D eigenvalue weighted by Gasteiger charge is -2.33. The molecule has 4 nitrogen and oxygen atoms in total. The highest BCUT2D eigenvalue weighted by molar-refractivity contribution is 9.10. The summed E-state index contributed by atoms with van der Waals surface area (Å²) >= 11 is 3.30. The molecule has 1 saturated heterocycles. The Kier molecular flexibility index (Phi) is 2.89. The van der Waals surface area contributed by atoms with Crippen LogP contribution in [0.5, 0.6) is 0 Å². The van der Waals surface area contributed by atoms with Gasteiger partial charge in [0, 0.05) is 12.0 Å². The van der Waals surface area contributed by atoms with Gasteiger partial charge in [0.1, 0.15) is 0 Å². The zero-order chi connectivity index (χ0) is 11.1. The molecule has 84 valence electrons. The lowest BCUT2D eigenvalue weighted by Crippen LogP contribution is -2.48. The Morgan fingerprint density at radius 2 is 2.20 bits per heavy atom. The minimum absolute atomic E-state index is 0.00741. The molecule has 2 aliphatic rings. The summed E-state index contributed by atoms with van der Waals surface area (Å²) in [5, 5.41) is 1.21. The van der Waals surface area contributed by atoms with Crippen LogP contribution in [0.3, 0.4) is 0 Å². The van der Waals surface area contributed by atoms with Crippen LogP contribution in [0.2, 0.25) is 0 Å². The minimum atomic E-state index is -3.08. The second-order valence-corrected chi connectivity index (χ2v) is 6.90. The lowest BCUT2D eigenvalue weighted by atomic mass is 10.1. The predicted octanol–water partition coefficient (Wildman–Crippen LogP) is 0.683. The summed E-state index contributed by atoms with van der Waals surface area (Å²) < 4.78 is 22.5. The third kappa shape index (κ3) is 2.25. The number of carbonyl (C=O) groups is 1. The van der Waals surface area contributed by atoms with E-state index in [-0.39, 0.29) is 22.5 Å². The van der Waals surface area contributed by atoms with Crippen molar-refractivity contribution in [1.29, 1.82) is 0 Å². The third-order valence-corrected chi connectivity index (χ3v) is 4.95. The number of carbonyl (C=O) groups excluding carboxylic acids is 1. The first-order chi connectivity index (χ1) is 6.99. The molecular formula is C9H12BrNO3S. The SMILES string of the molecule is O=C1C(Br)CCCN1C1C=CS(=O)(=O)C1. The average molecular weight is 294 g/mol. The smallest absolute Gasteiger partial charge is 0.236 e. The second-order valence-electron chi connectivity index (χ2n) is 3.87. The number of alkyl halides is 1. The molecule has 6 heteroatoms. The Balaban J connectivity index is 2.12. The van der Waals surface area contributed by atoms with Crippen LogP contribution < -0.4 is 0 Å². The summed E-state index contributed by atoms with van der Waals surface area (Å²) in [4.78, 5) is 13.3. The van der Waals surface area contributed by atoms with E-state index in [2.05, 4.69) is 15.9 Å². The summed E-state index contributed by atoms with van der Waals surface area (Å²) in [5.41, 5.74) is 0. The van der Waals surface area contributed by atoms with Crippen molar-refractivity contribution in [2.45, 2.75) is 23.7 Å². The van der Waals surface area contributed by atoms with Gasteiger partial charge in [-0.15, -0.1) is 0 Å². The molecule has 0 spiro atoms. The molecule has 2 atom stereocenters. The van der Waals surface area contributed by atoms with Crippen molar-refractivity contribution < 1.29 is 13.2 Å². The predicted molar refractivity (Wildman–Crippen MR) is 60.4 cm³/mol. The van der Waals surface area contributed by atoms with E-state index in [1.165, 1.54) is 5.41 Å². The van der Waals surface area contributed by atoms with E-state index in [9.17, 15) is 13.2 Å². The molecule has 2 rings (SSSR count). The van der Waals surface area contributed by atoms with Crippen LogP contribution in [0, 0.1) is 0 Å². The molecule has 0 bridgehead atoms. The van der Waals surface area contributed by atoms with Crippen molar-refractivity contribution in [3.05, 3.63) is 11.5 Å². The minimum Gasteiger partial charge on any atom is -0.334 e. The molecule has 2 heterocycles. The van der Waals surface area contributed by atoms with Gasteiger partial charge in [-0.25, -0.2) is 8.42 Å². The van der Waals surface area contributed by atoms with Gasteiger partial charge < -0.3 is 4.90 Å². The Labute approximate surface area is 97.4 Å². The van der Waals surface area contributed by atoms with E-state index in [4.69, 9.17) is 0 Å². The van der Waals surface area contributed by atoms with E-state index in [1.807, 2.05) is 0 Å². The first-order valence-corrected chi connectivity index (χ1v) is 7.48. The van der Waals surface area contributed by atoms with Gasteiger partial charge in [-0.05, 0) is 18.9 Å². The number of nitrogens with zero attached hydrogens (tertiary/aromatic N) is 1. The van der Waals surface area contributed by atoms with E-state index < -0.39 is 9.84 Å². The summed E-state index contributed by atoms with van der Waals surface area (Å²) in [7, 11) is -3.08. The first kappa shape index (κ1) is 11.1. The van der Waals surface area contributed by atoms with Gasteiger partial charge in [-0.3, -0.25) is 4.79 Å². The zero-order valence-electron chi connectivity index (χ0n) is 8.10. The molecule has 15 heavy (non-hydrogen) atoms. The molecular weight excluding hydrogens is 282 g/mol. The highest BCUT2D eigenvalue weighted by atomic mass is 79.9. The molecule has 0 aromatic rings. The number of halogens is 1. The van der Waals surface area contributed by atoms with E-state index in [0.717, 1.165) is 12.8 Å². The zero-order valence-corrected chi connectivity index (χ0v) is 10.5. The molecule has 2 unspecified atom stereocenters. The maximum Gasteiger partial charge on any atom is 0.236 e. The van der Waals surface area contributed by atoms with Crippen LogP contribution in [-0.4, -0.2) is 42.4 Å². The average Bonchev–Trinajstić information content (AvgIpc) is 2.51. The van der Waals surface area contributed by atoms with Crippen molar-refractivity contribution >= 4 is 31.7 Å². The van der Waals surface area contributed by atoms with Gasteiger partial charge >= 0.3 is 0 Å². The van der Waals surface area contributed by atoms with Crippen molar-refractivity contribution in [3.8, 4) is 0 Å². The van der Waals surface area contributed by atoms with Gasteiger partial charge in [0.15, 0.2) is 9.84 Å². The molecule has 0 aromatic heterocycles. The summed E-state index contributed by atoms with van der Waals surface area (Å²) in [6.07, 6.45) is 3.36. The fourth-order valence-electron chi connectivity index (χ4n) is 1.94. The van der Waals surface area contributed by atoms with Crippen molar-refractivity contribution in [2.24, 2.45) is 0 Å². The molecule has 0 aromatic carbocycles. The van der Waals surface area contributed by atoms with Gasteiger partial charge in [0.2, 0.25) is 5.91 Å². The largest absolute Gasteiger partial charge is 0.334 e. The first-order valence-electron chi connectivity index (χ1n) is 4.85. The monoisotopic (exact) mass is 293 g/mol. The molecule has 0 N–H and O–H groups in total. The van der Waals surface area contributed by atoms with Crippen LogP contribution >= 0.6 is 15.9 Å². The molecule has 0 radical (unpaired) electrons. The molecule has 0 saturated carbocycles. The molecule has 1 fully saturated rings. The van der Waals surface area contributed by atoms with Crippen molar-refractivity contribution in [2.75, 3.05) is 12.3 Å². The maximum atomic E-state index is 11.8. The van der Waals surface area contributed by atoms with E-state index in [1.54, 1.807) is 11.0 Å². The molecule has 1 amide bonds. The standard InChI is InChI=1S/C9H12BrNO3S/c10-8-2-1-4-11(9(8)12)7-3-5-15(13,14)6-7/h3,5,7-8H,1-2,4,6H2. The van der Waals surface area contributed by atoms with Crippen LogP contribution in [0.15, 0.2) is 11.5 Å². The molecule has 0 aliphatic carbocycles. The Morgan fingerprint density at radius 3 is 2.80 bits per heavy atom. The van der Waals surface area contributed by atoms with Crippen LogP contribution in [-0.2, 0) is 14.6 Å². The van der Waals surface area contributed by atoms with Crippen molar-refractivity contribution in [1.82, 2.24) is 4.90 Å². The van der Waals surface area contributed by atoms with Gasteiger partial charge in [-0.2, -0.15) is 0 Å². The third-order valence-electron chi connectivity index (χ3n) is 2.72. The number of amides is 1. The fourth-order valence-corrected chi connectivity index (χ4v) is 3.82.